The van der Waals surface area contributed by atoms with E-state index in [4.69, 9.17) is 0 Å². The summed E-state index contributed by atoms with van der Waals surface area (Å²) in [5.41, 5.74) is 0. The molecule has 2 nitrogen and oxygen atoms in total. The maximum Gasteiger partial charge on any atom is 0.222 e. The number of hydrogen-bond donors (Lipinski definition) is 0. The zero-order chi connectivity index (χ0) is 11.5. The zero-order valence-corrected chi connectivity index (χ0v) is 10.7. The van der Waals surface area contributed by atoms with Gasteiger partial charge in [0.05, 0.1) is 0 Å². The Morgan fingerprint density at radius 3 is 2.00 bits per heavy atom. The van der Waals surface area contributed by atoms with Crippen LogP contribution in [0.1, 0.15) is 65.7 Å². The van der Waals surface area contributed by atoms with Crippen LogP contribution in [0.25, 0.3) is 0 Å². The molecular weight excluding hydrogens is 186 g/mol. The predicted octanol–water partition coefficient (Wildman–Crippen LogP) is 3.61. The summed E-state index contributed by atoms with van der Waals surface area (Å²) in [5, 5.41) is 0. The average molecular weight is 213 g/mol. The van der Waals surface area contributed by atoms with Crippen LogP contribution in [0, 0.1) is 0 Å². The van der Waals surface area contributed by atoms with Gasteiger partial charge >= 0.3 is 0 Å². The Kier molecular flexibility index (Phi) is 9.65. The van der Waals surface area contributed by atoms with Crippen molar-refractivity contribution in [1.82, 2.24) is 4.90 Å². The Hall–Kier alpha value is -0.530. The number of amides is 1. The molecule has 1 amide bonds. The lowest BCUT2D eigenvalue weighted by Gasteiger charge is -2.21. The third-order valence-corrected chi connectivity index (χ3v) is 2.72. The second-order valence-corrected chi connectivity index (χ2v) is 4.15. The minimum atomic E-state index is 0.319. The number of hydrogen-bond acceptors (Lipinski definition) is 1. The van der Waals surface area contributed by atoms with E-state index < -0.39 is 0 Å². The van der Waals surface area contributed by atoms with Crippen molar-refractivity contribution in [3.8, 4) is 0 Å². The Bertz CT molecular complexity index is 157. The fourth-order valence-electron chi connectivity index (χ4n) is 1.66. The second-order valence-electron chi connectivity index (χ2n) is 4.15. The molecule has 0 spiro atoms. The standard InChI is InChI=1S/C13H27NO/c1-4-7-9-10-12-14(11-8-5-2)13(15)6-3/h4-12H2,1-3H3. The van der Waals surface area contributed by atoms with Crippen LogP contribution in [0.4, 0.5) is 0 Å². The highest BCUT2D eigenvalue weighted by molar-refractivity contribution is 5.75. The molecule has 0 saturated carbocycles. The Morgan fingerprint density at radius 1 is 0.867 bits per heavy atom. The van der Waals surface area contributed by atoms with E-state index in [9.17, 15) is 4.79 Å². The summed E-state index contributed by atoms with van der Waals surface area (Å²) in [6.45, 7) is 8.26. The molecule has 0 aliphatic heterocycles. The minimum Gasteiger partial charge on any atom is -0.343 e. The Morgan fingerprint density at radius 2 is 1.47 bits per heavy atom. The Balaban J connectivity index is 3.74. The minimum absolute atomic E-state index is 0.319. The van der Waals surface area contributed by atoms with Gasteiger partial charge in [0.1, 0.15) is 0 Å². The highest BCUT2D eigenvalue weighted by atomic mass is 16.2. The second kappa shape index (κ2) is 10.0. The van der Waals surface area contributed by atoms with E-state index in [0.717, 1.165) is 19.5 Å². The first kappa shape index (κ1) is 14.5. The molecule has 0 aliphatic rings. The van der Waals surface area contributed by atoms with Gasteiger partial charge in [0.25, 0.3) is 0 Å². The molecule has 0 fully saturated rings. The summed E-state index contributed by atoms with van der Waals surface area (Å²) in [6, 6.07) is 0. The molecule has 0 aromatic rings. The van der Waals surface area contributed by atoms with Crippen molar-refractivity contribution in [3.05, 3.63) is 0 Å². The molecule has 15 heavy (non-hydrogen) atoms. The summed E-state index contributed by atoms with van der Waals surface area (Å²) in [5.74, 6) is 0.319. The van der Waals surface area contributed by atoms with E-state index in [-0.39, 0.29) is 0 Å². The summed E-state index contributed by atoms with van der Waals surface area (Å²) >= 11 is 0. The van der Waals surface area contributed by atoms with E-state index in [1.54, 1.807) is 0 Å². The number of rotatable bonds is 9. The molecule has 0 unspecified atom stereocenters. The topological polar surface area (TPSA) is 20.3 Å². The van der Waals surface area contributed by atoms with Gasteiger partial charge in [-0.2, -0.15) is 0 Å². The molecule has 0 heterocycles. The maximum absolute atomic E-state index is 11.6. The largest absolute Gasteiger partial charge is 0.343 e. The van der Waals surface area contributed by atoms with Crippen LogP contribution in [-0.2, 0) is 4.79 Å². The van der Waals surface area contributed by atoms with Crippen LogP contribution >= 0.6 is 0 Å². The highest BCUT2D eigenvalue weighted by Crippen LogP contribution is 2.04. The lowest BCUT2D eigenvalue weighted by atomic mass is 10.2. The fraction of sp³-hybridized carbons (Fsp3) is 0.923. The van der Waals surface area contributed by atoms with Gasteiger partial charge < -0.3 is 4.90 Å². The number of carbonyl (C=O) groups is 1. The molecule has 0 aliphatic carbocycles. The fourth-order valence-corrected chi connectivity index (χ4v) is 1.66. The monoisotopic (exact) mass is 213 g/mol. The molecule has 0 bridgehead atoms. The summed E-state index contributed by atoms with van der Waals surface area (Å²) in [4.78, 5) is 13.6. The van der Waals surface area contributed by atoms with Crippen LogP contribution in [0.3, 0.4) is 0 Å². The molecule has 0 aromatic heterocycles. The van der Waals surface area contributed by atoms with Gasteiger partial charge in [-0.1, -0.05) is 46.5 Å². The molecule has 0 rings (SSSR count). The van der Waals surface area contributed by atoms with Crippen molar-refractivity contribution in [2.75, 3.05) is 13.1 Å². The first-order valence-corrected chi connectivity index (χ1v) is 6.54. The lowest BCUT2D eigenvalue weighted by Crippen LogP contribution is -2.32. The van der Waals surface area contributed by atoms with Gasteiger partial charge in [-0.25, -0.2) is 0 Å². The van der Waals surface area contributed by atoms with E-state index >= 15 is 0 Å². The molecule has 0 radical (unpaired) electrons. The normalized spacial score (nSPS) is 10.3. The predicted molar refractivity (Wildman–Crippen MR) is 65.9 cm³/mol. The summed E-state index contributed by atoms with van der Waals surface area (Å²) in [7, 11) is 0. The van der Waals surface area contributed by atoms with Crippen LogP contribution < -0.4 is 0 Å². The number of carbonyl (C=O) groups excluding carboxylic acids is 1. The lowest BCUT2D eigenvalue weighted by molar-refractivity contribution is -0.131. The molecule has 0 aromatic carbocycles. The van der Waals surface area contributed by atoms with E-state index in [0.29, 0.717) is 12.3 Å². The van der Waals surface area contributed by atoms with Crippen molar-refractivity contribution in [2.24, 2.45) is 0 Å². The highest BCUT2D eigenvalue weighted by Gasteiger charge is 2.09. The quantitative estimate of drug-likeness (QED) is 0.536. The number of nitrogens with zero attached hydrogens (tertiary/aromatic N) is 1. The first-order chi connectivity index (χ1) is 7.26. The molecule has 0 saturated heterocycles. The van der Waals surface area contributed by atoms with Crippen molar-refractivity contribution in [3.63, 3.8) is 0 Å². The smallest absolute Gasteiger partial charge is 0.222 e. The van der Waals surface area contributed by atoms with Gasteiger partial charge in [-0.15, -0.1) is 0 Å². The van der Waals surface area contributed by atoms with Crippen LogP contribution in [0.5, 0.6) is 0 Å². The van der Waals surface area contributed by atoms with Gasteiger partial charge in [0, 0.05) is 19.5 Å². The van der Waals surface area contributed by atoms with Crippen LogP contribution in [0.15, 0.2) is 0 Å². The zero-order valence-electron chi connectivity index (χ0n) is 10.7. The number of unbranched alkanes of at least 4 members (excludes halogenated alkanes) is 4. The molecular formula is C13H27NO. The molecule has 0 N–H and O–H groups in total. The molecule has 2 heteroatoms. The molecule has 90 valence electrons. The van der Waals surface area contributed by atoms with Crippen molar-refractivity contribution >= 4 is 5.91 Å². The van der Waals surface area contributed by atoms with E-state index in [1.165, 1.54) is 32.1 Å². The van der Waals surface area contributed by atoms with E-state index in [1.807, 2.05) is 11.8 Å². The van der Waals surface area contributed by atoms with Crippen molar-refractivity contribution < 1.29 is 4.79 Å². The van der Waals surface area contributed by atoms with Crippen LogP contribution in [-0.4, -0.2) is 23.9 Å². The van der Waals surface area contributed by atoms with Crippen molar-refractivity contribution in [2.45, 2.75) is 65.7 Å². The third-order valence-electron chi connectivity index (χ3n) is 2.72. The van der Waals surface area contributed by atoms with Gasteiger partial charge in [0.2, 0.25) is 5.91 Å². The van der Waals surface area contributed by atoms with E-state index in [2.05, 4.69) is 13.8 Å². The van der Waals surface area contributed by atoms with Gasteiger partial charge in [-0.05, 0) is 12.8 Å². The summed E-state index contributed by atoms with van der Waals surface area (Å²) in [6.07, 6.45) is 7.94. The third kappa shape index (κ3) is 7.40. The Labute approximate surface area is 95.0 Å². The SMILES string of the molecule is CCCCCCN(CCCC)C(=O)CC. The summed E-state index contributed by atoms with van der Waals surface area (Å²) < 4.78 is 0. The van der Waals surface area contributed by atoms with Crippen LogP contribution in [0.2, 0.25) is 0 Å². The maximum atomic E-state index is 11.6. The van der Waals surface area contributed by atoms with Crippen molar-refractivity contribution in [1.29, 1.82) is 0 Å². The molecule has 0 atom stereocenters. The first-order valence-electron chi connectivity index (χ1n) is 6.54. The average Bonchev–Trinajstić information content (AvgIpc) is 2.27. The van der Waals surface area contributed by atoms with Gasteiger partial charge in [0.15, 0.2) is 0 Å². The van der Waals surface area contributed by atoms with Gasteiger partial charge in [-0.3, -0.25) is 4.79 Å².